The van der Waals surface area contributed by atoms with Crippen molar-refractivity contribution in [2.45, 2.75) is 111 Å². The van der Waals surface area contributed by atoms with Crippen LogP contribution in [0, 0.1) is 17.8 Å². The summed E-state index contributed by atoms with van der Waals surface area (Å²) in [6.45, 7) is 11.9. The Kier molecular flexibility index (Phi) is 11.9. The normalized spacial score (nSPS) is 30.7. The van der Waals surface area contributed by atoms with Crippen molar-refractivity contribution in [1.82, 2.24) is 0 Å². The molecule has 1 heterocycles. The summed E-state index contributed by atoms with van der Waals surface area (Å²) in [7, 11) is 0. The van der Waals surface area contributed by atoms with Gasteiger partial charge in [-0.2, -0.15) is 0 Å². The molecule has 5 nitrogen and oxygen atoms in total. The average Bonchev–Trinajstić information content (AvgIpc) is 2.63. The van der Waals surface area contributed by atoms with Gasteiger partial charge in [-0.1, -0.05) is 44.1 Å². The van der Waals surface area contributed by atoms with Gasteiger partial charge in [0, 0.05) is 18.8 Å². The van der Waals surface area contributed by atoms with Gasteiger partial charge >= 0.3 is 5.97 Å². The zero-order chi connectivity index (χ0) is 22.8. The van der Waals surface area contributed by atoms with Crippen LogP contribution in [0.3, 0.4) is 0 Å². The molecular formula is C25H44O5. The number of ether oxygens (including phenoxy) is 1. The number of hydrogen-bond acceptors (Lipinski definition) is 5. The van der Waals surface area contributed by atoms with Gasteiger partial charge in [0.25, 0.3) is 0 Å². The molecule has 0 aromatic carbocycles. The highest BCUT2D eigenvalue weighted by atomic mass is 16.5. The van der Waals surface area contributed by atoms with Crippen LogP contribution in [-0.2, 0) is 9.53 Å². The number of carbonyl (C=O) groups is 1. The van der Waals surface area contributed by atoms with Crippen LogP contribution in [0.1, 0.15) is 86.5 Å². The minimum Gasteiger partial charge on any atom is -0.462 e. The smallest absolute Gasteiger partial charge is 0.306 e. The Morgan fingerprint density at radius 2 is 1.97 bits per heavy atom. The summed E-state index contributed by atoms with van der Waals surface area (Å²) in [5.41, 5.74) is 2.37. The first-order valence-electron chi connectivity index (χ1n) is 11.6. The molecule has 5 heteroatoms. The van der Waals surface area contributed by atoms with E-state index in [-0.39, 0.29) is 35.9 Å². The topological polar surface area (TPSA) is 87.0 Å². The Balaban J connectivity index is 2.82. The zero-order valence-electron chi connectivity index (χ0n) is 19.8. The fourth-order valence-electron chi connectivity index (χ4n) is 4.24. The van der Waals surface area contributed by atoms with E-state index in [9.17, 15) is 20.1 Å². The molecule has 0 fully saturated rings. The second kappa shape index (κ2) is 13.3. The lowest BCUT2D eigenvalue weighted by Gasteiger charge is -2.26. The summed E-state index contributed by atoms with van der Waals surface area (Å²) in [6.07, 6.45) is 6.83. The van der Waals surface area contributed by atoms with Gasteiger partial charge in [-0.25, -0.2) is 0 Å². The molecule has 30 heavy (non-hydrogen) atoms. The Morgan fingerprint density at radius 3 is 2.60 bits per heavy atom. The molecule has 0 amide bonds. The number of carbonyl (C=O) groups excluding carboxylic acids is 1. The fraction of sp³-hybridized carbons (Fsp3) is 0.800. The maximum absolute atomic E-state index is 12.3. The Bertz CT molecular complexity index is 580. The van der Waals surface area contributed by atoms with Crippen molar-refractivity contribution in [3.63, 3.8) is 0 Å². The van der Waals surface area contributed by atoms with E-state index in [1.807, 2.05) is 13.8 Å². The van der Waals surface area contributed by atoms with E-state index in [0.717, 1.165) is 18.4 Å². The van der Waals surface area contributed by atoms with E-state index in [2.05, 4.69) is 32.9 Å². The van der Waals surface area contributed by atoms with Gasteiger partial charge in [0.2, 0.25) is 0 Å². The summed E-state index contributed by atoms with van der Waals surface area (Å²) >= 11 is 0. The van der Waals surface area contributed by atoms with Gasteiger partial charge in [-0.3, -0.25) is 4.79 Å². The van der Waals surface area contributed by atoms with Crippen LogP contribution < -0.4 is 0 Å². The minimum absolute atomic E-state index is 0.0410. The SMILES string of the molecule is C/C1=C/C[C@H]([C@H](C)C/C(C)=C/[C@@H](C)[C@H](O)C[C@@H](C)O)OC(=O)CCC[C@H](O)[C@H](C)C1. The molecule has 3 N–H and O–H groups in total. The van der Waals surface area contributed by atoms with Gasteiger partial charge in [0.15, 0.2) is 0 Å². The second-order valence-electron chi connectivity index (χ2n) is 9.66. The summed E-state index contributed by atoms with van der Waals surface area (Å²) < 4.78 is 5.83. The maximum atomic E-state index is 12.3. The van der Waals surface area contributed by atoms with E-state index in [1.54, 1.807) is 6.92 Å². The first-order valence-corrected chi connectivity index (χ1v) is 11.6. The van der Waals surface area contributed by atoms with Crippen LogP contribution in [0.2, 0.25) is 0 Å². The van der Waals surface area contributed by atoms with Crippen LogP contribution in [0.15, 0.2) is 23.3 Å². The summed E-state index contributed by atoms with van der Waals surface area (Å²) in [4.78, 5) is 12.3. The summed E-state index contributed by atoms with van der Waals surface area (Å²) in [6, 6.07) is 0. The average molecular weight is 425 g/mol. The molecule has 0 aliphatic carbocycles. The highest BCUT2D eigenvalue weighted by molar-refractivity contribution is 5.69. The van der Waals surface area contributed by atoms with Crippen molar-refractivity contribution >= 4 is 5.97 Å². The predicted octanol–water partition coefficient (Wildman–Crippen LogP) is 4.55. The predicted molar refractivity (Wildman–Crippen MR) is 121 cm³/mol. The van der Waals surface area contributed by atoms with Gasteiger partial charge < -0.3 is 20.1 Å². The molecule has 0 aromatic heterocycles. The molecule has 0 saturated heterocycles. The maximum Gasteiger partial charge on any atom is 0.306 e. The molecule has 0 spiro atoms. The van der Waals surface area contributed by atoms with E-state index >= 15 is 0 Å². The largest absolute Gasteiger partial charge is 0.462 e. The van der Waals surface area contributed by atoms with Gasteiger partial charge in [-0.15, -0.1) is 0 Å². The molecule has 1 aliphatic heterocycles. The number of hydrogen-bond donors (Lipinski definition) is 3. The quantitative estimate of drug-likeness (QED) is 0.412. The molecular weight excluding hydrogens is 380 g/mol. The van der Waals surface area contributed by atoms with Crippen molar-refractivity contribution in [2.75, 3.05) is 0 Å². The number of aliphatic hydroxyl groups excluding tert-OH is 3. The minimum atomic E-state index is -0.572. The lowest BCUT2D eigenvalue weighted by atomic mass is 9.89. The van der Waals surface area contributed by atoms with Crippen molar-refractivity contribution in [1.29, 1.82) is 0 Å². The van der Waals surface area contributed by atoms with Gasteiger partial charge in [-0.05, 0) is 64.7 Å². The van der Waals surface area contributed by atoms with Gasteiger partial charge in [0.05, 0.1) is 18.3 Å². The molecule has 7 atom stereocenters. The fourth-order valence-corrected chi connectivity index (χ4v) is 4.24. The van der Waals surface area contributed by atoms with Crippen LogP contribution in [-0.4, -0.2) is 45.7 Å². The van der Waals surface area contributed by atoms with Crippen LogP contribution >= 0.6 is 0 Å². The molecule has 0 unspecified atom stereocenters. The number of esters is 1. The Morgan fingerprint density at radius 1 is 1.30 bits per heavy atom. The first-order chi connectivity index (χ1) is 14.0. The van der Waals surface area contributed by atoms with E-state index in [4.69, 9.17) is 4.74 Å². The van der Waals surface area contributed by atoms with Crippen LogP contribution in [0.4, 0.5) is 0 Å². The molecule has 0 radical (unpaired) electrons. The number of aliphatic hydroxyl groups is 3. The highest BCUT2D eigenvalue weighted by Gasteiger charge is 2.24. The van der Waals surface area contributed by atoms with E-state index < -0.39 is 12.2 Å². The van der Waals surface area contributed by atoms with Gasteiger partial charge in [0.1, 0.15) is 6.10 Å². The highest BCUT2D eigenvalue weighted by Crippen LogP contribution is 2.26. The molecule has 0 saturated carbocycles. The van der Waals surface area contributed by atoms with Crippen LogP contribution in [0.25, 0.3) is 0 Å². The summed E-state index contributed by atoms with van der Waals surface area (Å²) in [5.74, 6) is 0.106. The Labute approximate surface area is 183 Å². The number of cyclic esters (lactones) is 1. The molecule has 1 aliphatic rings. The molecule has 1 rings (SSSR count). The lowest BCUT2D eigenvalue weighted by molar-refractivity contribution is -0.151. The lowest BCUT2D eigenvalue weighted by Crippen LogP contribution is -2.26. The third-order valence-corrected chi connectivity index (χ3v) is 6.18. The third kappa shape index (κ3) is 10.2. The van der Waals surface area contributed by atoms with Crippen LogP contribution in [0.5, 0.6) is 0 Å². The van der Waals surface area contributed by atoms with E-state index in [0.29, 0.717) is 32.1 Å². The molecule has 174 valence electrons. The molecule has 0 aromatic rings. The molecule has 0 bridgehead atoms. The van der Waals surface area contributed by atoms with Crippen molar-refractivity contribution < 1.29 is 24.9 Å². The first kappa shape index (κ1) is 26.9. The Hall–Kier alpha value is -1.17. The summed E-state index contributed by atoms with van der Waals surface area (Å²) in [5, 5.41) is 29.9. The standard InChI is InChI=1S/C25H44O5/c1-16-10-11-24(30-25(29)9-7-8-22(27)18(3)12-16)20(5)14-17(2)13-19(4)23(28)15-21(6)26/h10,13,18-24,26-28H,7-9,11-12,14-15H2,1-6H3/b16-10-,17-13+/t18-,19-,20-,21-,22+,23-,24-/m1/s1. The van der Waals surface area contributed by atoms with E-state index in [1.165, 1.54) is 5.57 Å². The third-order valence-electron chi connectivity index (χ3n) is 6.18. The monoisotopic (exact) mass is 424 g/mol. The van der Waals surface area contributed by atoms with Crippen molar-refractivity contribution in [2.24, 2.45) is 17.8 Å². The van der Waals surface area contributed by atoms with Crippen molar-refractivity contribution in [3.05, 3.63) is 23.3 Å². The van der Waals surface area contributed by atoms with Crippen molar-refractivity contribution in [3.8, 4) is 0 Å². The zero-order valence-corrected chi connectivity index (χ0v) is 19.8. The number of rotatable bonds is 7. The second-order valence-corrected chi connectivity index (χ2v) is 9.66. The number of allylic oxidation sites excluding steroid dienone is 2.